The summed E-state index contributed by atoms with van der Waals surface area (Å²) in [7, 11) is 0. The number of aromatic nitrogens is 1. The predicted molar refractivity (Wildman–Crippen MR) is 94.9 cm³/mol. The van der Waals surface area contributed by atoms with Crippen LogP contribution in [0.25, 0.3) is 0 Å². The van der Waals surface area contributed by atoms with Crippen LogP contribution >= 0.6 is 0 Å². The van der Waals surface area contributed by atoms with Gasteiger partial charge in [-0.15, -0.1) is 0 Å². The molecule has 3 rings (SSSR count). The van der Waals surface area contributed by atoms with Crippen molar-refractivity contribution >= 4 is 0 Å². The molecule has 24 heavy (non-hydrogen) atoms. The summed E-state index contributed by atoms with van der Waals surface area (Å²) in [5.74, 6) is 0. The number of aliphatic hydroxyl groups excluding tert-OH is 1. The van der Waals surface area contributed by atoms with Crippen LogP contribution in [0.4, 0.5) is 0 Å². The highest BCUT2D eigenvalue weighted by molar-refractivity contribution is 5.23. The molecule has 0 bridgehead atoms. The Kier molecular flexibility index (Phi) is 5.29. The van der Waals surface area contributed by atoms with Crippen LogP contribution in [0.1, 0.15) is 22.4 Å². The van der Waals surface area contributed by atoms with E-state index in [1.54, 1.807) is 0 Å². The Labute approximate surface area is 144 Å². The Morgan fingerprint density at radius 3 is 2.71 bits per heavy atom. The summed E-state index contributed by atoms with van der Waals surface area (Å²) in [6, 6.07) is 12.5. The highest BCUT2D eigenvalue weighted by Crippen LogP contribution is 2.24. The molecule has 2 aromatic rings. The van der Waals surface area contributed by atoms with Crippen molar-refractivity contribution in [3.8, 4) is 0 Å². The Hall–Kier alpha value is -1.75. The molecule has 1 aromatic carbocycles. The van der Waals surface area contributed by atoms with Gasteiger partial charge in [-0.05, 0) is 31.0 Å². The molecule has 0 spiro atoms. The molecule has 128 valence electrons. The van der Waals surface area contributed by atoms with Crippen LogP contribution in [0, 0.1) is 13.8 Å². The molecule has 1 fully saturated rings. The van der Waals surface area contributed by atoms with Crippen LogP contribution in [0.5, 0.6) is 0 Å². The molecule has 1 aromatic heterocycles. The van der Waals surface area contributed by atoms with Gasteiger partial charge in [-0.1, -0.05) is 35.9 Å². The van der Waals surface area contributed by atoms with Gasteiger partial charge in [0, 0.05) is 32.3 Å². The van der Waals surface area contributed by atoms with Crippen molar-refractivity contribution in [2.75, 3.05) is 26.3 Å². The van der Waals surface area contributed by atoms with Crippen molar-refractivity contribution in [3.63, 3.8) is 0 Å². The third kappa shape index (κ3) is 4.01. The summed E-state index contributed by atoms with van der Waals surface area (Å²) in [5.41, 5.74) is 4.22. The van der Waals surface area contributed by atoms with E-state index in [1.165, 1.54) is 16.7 Å². The molecule has 0 radical (unpaired) electrons. The van der Waals surface area contributed by atoms with E-state index < -0.39 is 5.60 Å². The molecule has 1 aliphatic rings. The number of hydrogen-bond donors (Lipinski definition) is 1. The number of benzene rings is 1. The van der Waals surface area contributed by atoms with E-state index in [2.05, 4.69) is 54.1 Å². The smallest absolute Gasteiger partial charge is 0.108 e. The Balaban J connectivity index is 1.72. The fraction of sp³-hybridized carbons (Fsp3) is 0.450. The standard InChI is InChI=1S/C20H26N2O2/c1-16-5-7-18(8-6-16)12-20(15-23)14-22(10-11-24-20)13-19-17(2)4-3-9-21-19/h3-9,23H,10-15H2,1-2H3. The van der Waals surface area contributed by atoms with E-state index in [0.29, 0.717) is 13.2 Å². The summed E-state index contributed by atoms with van der Waals surface area (Å²) in [6.07, 6.45) is 2.57. The molecule has 0 aliphatic carbocycles. The zero-order valence-corrected chi connectivity index (χ0v) is 14.5. The number of hydrogen-bond acceptors (Lipinski definition) is 4. The lowest BCUT2D eigenvalue weighted by Gasteiger charge is -2.42. The minimum atomic E-state index is -0.532. The van der Waals surface area contributed by atoms with Gasteiger partial charge in [0.2, 0.25) is 0 Å². The van der Waals surface area contributed by atoms with Gasteiger partial charge in [-0.2, -0.15) is 0 Å². The predicted octanol–water partition coefficient (Wildman–Crippen LogP) is 2.50. The minimum absolute atomic E-state index is 0.0264. The van der Waals surface area contributed by atoms with Gasteiger partial charge in [-0.25, -0.2) is 0 Å². The van der Waals surface area contributed by atoms with Gasteiger partial charge in [0.15, 0.2) is 0 Å². The highest BCUT2D eigenvalue weighted by atomic mass is 16.5. The Morgan fingerprint density at radius 1 is 1.21 bits per heavy atom. The zero-order chi connectivity index (χ0) is 17.0. The molecule has 1 unspecified atom stereocenters. The molecule has 2 heterocycles. The SMILES string of the molecule is Cc1ccc(CC2(CO)CN(Cc3ncccc3C)CCO2)cc1. The van der Waals surface area contributed by atoms with E-state index in [0.717, 1.165) is 25.2 Å². The maximum Gasteiger partial charge on any atom is 0.108 e. The first-order valence-electron chi connectivity index (χ1n) is 8.53. The second-order valence-electron chi connectivity index (χ2n) is 6.83. The fourth-order valence-electron chi connectivity index (χ4n) is 3.29. The quantitative estimate of drug-likeness (QED) is 0.917. The van der Waals surface area contributed by atoms with Gasteiger partial charge in [0.05, 0.1) is 18.9 Å². The maximum atomic E-state index is 10.0. The van der Waals surface area contributed by atoms with Crippen LogP contribution in [0.3, 0.4) is 0 Å². The van der Waals surface area contributed by atoms with Gasteiger partial charge in [0.25, 0.3) is 0 Å². The topological polar surface area (TPSA) is 45.6 Å². The maximum absolute atomic E-state index is 10.0. The van der Waals surface area contributed by atoms with Crippen molar-refractivity contribution in [1.29, 1.82) is 0 Å². The molecule has 0 amide bonds. The average molecular weight is 326 g/mol. The summed E-state index contributed by atoms with van der Waals surface area (Å²) < 4.78 is 6.04. The van der Waals surface area contributed by atoms with Crippen LogP contribution < -0.4 is 0 Å². The van der Waals surface area contributed by atoms with Crippen molar-refractivity contribution in [2.45, 2.75) is 32.4 Å². The van der Waals surface area contributed by atoms with E-state index in [-0.39, 0.29) is 6.61 Å². The molecular weight excluding hydrogens is 300 g/mol. The van der Waals surface area contributed by atoms with Crippen LogP contribution in [0.2, 0.25) is 0 Å². The number of rotatable bonds is 5. The highest BCUT2D eigenvalue weighted by Gasteiger charge is 2.36. The molecule has 1 saturated heterocycles. The first kappa shape index (κ1) is 17.1. The number of morpholine rings is 1. The molecule has 0 saturated carbocycles. The lowest BCUT2D eigenvalue weighted by Crippen LogP contribution is -2.55. The summed E-state index contributed by atoms with van der Waals surface area (Å²) in [6.45, 7) is 7.22. The van der Waals surface area contributed by atoms with E-state index in [9.17, 15) is 5.11 Å². The Bertz CT molecular complexity index is 672. The molecule has 1 aliphatic heterocycles. The number of aryl methyl sites for hydroxylation is 2. The van der Waals surface area contributed by atoms with Crippen molar-refractivity contribution in [3.05, 3.63) is 65.0 Å². The van der Waals surface area contributed by atoms with Crippen LogP contribution in [-0.4, -0.2) is 46.9 Å². The molecule has 4 nitrogen and oxygen atoms in total. The van der Waals surface area contributed by atoms with Crippen molar-refractivity contribution in [2.24, 2.45) is 0 Å². The lowest BCUT2D eigenvalue weighted by molar-refractivity contribution is -0.134. The first-order valence-corrected chi connectivity index (χ1v) is 8.53. The second-order valence-corrected chi connectivity index (χ2v) is 6.83. The van der Waals surface area contributed by atoms with Gasteiger partial charge < -0.3 is 9.84 Å². The van der Waals surface area contributed by atoms with E-state index in [4.69, 9.17) is 4.74 Å². The normalized spacial score (nSPS) is 21.8. The average Bonchev–Trinajstić information content (AvgIpc) is 2.59. The monoisotopic (exact) mass is 326 g/mol. The number of nitrogens with zero attached hydrogens (tertiary/aromatic N) is 2. The lowest BCUT2D eigenvalue weighted by atomic mass is 9.92. The van der Waals surface area contributed by atoms with Crippen LogP contribution in [0.15, 0.2) is 42.6 Å². The third-order valence-electron chi connectivity index (χ3n) is 4.75. The van der Waals surface area contributed by atoms with Gasteiger partial charge in [-0.3, -0.25) is 9.88 Å². The van der Waals surface area contributed by atoms with E-state index >= 15 is 0 Å². The molecule has 1 N–H and O–H groups in total. The first-order chi connectivity index (χ1) is 11.6. The van der Waals surface area contributed by atoms with E-state index in [1.807, 2.05) is 12.3 Å². The fourth-order valence-corrected chi connectivity index (χ4v) is 3.29. The molecule has 4 heteroatoms. The van der Waals surface area contributed by atoms with Crippen molar-refractivity contribution < 1.29 is 9.84 Å². The molecular formula is C20H26N2O2. The summed E-state index contributed by atoms with van der Waals surface area (Å²) >= 11 is 0. The largest absolute Gasteiger partial charge is 0.393 e. The summed E-state index contributed by atoms with van der Waals surface area (Å²) in [5, 5.41) is 10.0. The molecule has 1 atom stereocenters. The van der Waals surface area contributed by atoms with Gasteiger partial charge in [0.1, 0.15) is 5.60 Å². The number of pyridine rings is 1. The third-order valence-corrected chi connectivity index (χ3v) is 4.75. The Morgan fingerprint density at radius 2 is 2.00 bits per heavy atom. The summed E-state index contributed by atoms with van der Waals surface area (Å²) in [4.78, 5) is 6.83. The number of aliphatic hydroxyl groups is 1. The second kappa shape index (κ2) is 7.43. The van der Waals surface area contributed by atoms with Gasteiger partial charge >= 0.3 is 0 Å². The zero-order valence-electron chi connectivity index (χ0n) is 14.5. The van der Waals surface area contributed by atoms with Crippen molar-refractivity contribution in [1.82, 2.24) is 9.88 Å². The minimum Gasteiger partial charge on any atom is -0.393 e. The number of ether oxygens (including phenoxy) is 1. The van der Waals surface area contributed by atoms with Crippen LogP contribution in [-0.2, 0) is 17.7 Å².